The van der Waals surface area contributed by atoms with Crippen molar-refractivity contribution in [3.8, 4) is 6.07 Å². The second kappa shape index (κ2) is 6.62. The van der Waals surface area contributed by atoms with Crippen molar-refractivity contribution in [2.24, 2.45) is 0 Å². The summed E-state index contributed by atoms with van der Waals surface area (Å²) in [6.45, 7) is 0.232. The van der Waals surface area contributed by atoms with Crippen molar-refractivity contribution in [2.45, 2.75) is 54.7 Å². The van der Waals surface area contributed by atoms with Crippen LogP contribution in [0.5, 0.6) is 0 Å². The van der Waals surface area contributed by atoms with Gasteiger partial charge in [-0.3, -0.25) is 0 Å². The molecule has 2 unspecified atom stereocenters. The van der Waals surface area contributed by atoms with Crippen LogP contribution in [0.4, 0.5) is 4.79 Å². The number of hydrogen-bond donors (Lipinski definition) is 1. The molecule has 116 valence electrons. The van der Waals surface area contributed by atoms with Crippen molar-refractivity contribution in [1.82, 2.24) is 5.32 Å². The standard InChI is InChI=1S/C17H20N2O2S/c18-12-17(9-14-7-4-8-15(10-17)22-14)19-16(20)21-11-13-5-2-1-3-6-13/h1-3,5-6,14-15H,4,7-11H2,(H,19,20). The summed E-state index contributed by atoms with van der Waals surface area (Å²) in [5.74, 6) is 0. The molecule has 0 aliphatic carbocycles. The Morgan fingerprint density at radius 2 is 2.00 bits per heavy atom. The Balaban J connectivity index is 1.58. The Labute approximate surface area is 135 Å². The molecule has 1 N–H and O–H groups in total. The fourth-order valence-electron chi connectivity index (χ4n) is 3.32. The Kier molecular flexibility index (Phi) is 4.58. The van der Waals surface area contributed by atoms with E-state index in [-0.39, 0.29) is 6.61 Å². The van der Waals surface area contributed by atoms with Crippen LogP contribution in [-0.2, 0) is 11.3 Å². The van der Waals surface area contributed by atoms with Gasteiger partial charge >= 0.3 is 6.09 Å². The molecule has 2 heterocycles. The van der Waals surface area contributed by atoms with E-state index in [0.29, 0.717) is 10.5 Å². The molecule has 4 nitrogen and oxygen atoms in total. The van der Waals surface area contributed by atoms with Gasteiger partial charge in [0.25, 0.3) is 0 Å². The van der Waals surface area contributed by atoms with Crippen LogP contribution in [-0.4, -0.2) is 22.1 Å². The van der Waals surface area contributed by atoms with Crippen molar-refractivity contribution in [1.29, 1.82) is 5.26 Å². The summed E-state index contributed by atoms with van der Waals surface area (Å²) >= 11 is 1.98. The SMILES string of the molecule is N#CC1(NC(=O)OCc2ccccc2)CC2CCCC(C1)S2. The summed E-state index contributed by atoms with van der Waals surface area (Å²) in [5, 5.41) is 13.4. The van der Waals surface area contributed by atoms with E-state index in [9.17, 15) is 10.1 Å². The predicted octanol–water partition coefficient (Wildman–Crippen LogP) is 3.62. The van der Waals surface area contributed by atoms with Gasteiger partial charge in [-0.05, 0) is 31.2 Å². The molecule has 0 saturated carbocycles. The van der Waals surface area contributed by atoms with Crippen molar-refractivity contribution in [3.05, 3.63) is 35.9 Å². The van der Waals surface area contributed by atoms with Gasteiger partial charge in [0.05, 0.1) is 6.07 Å². The largest absolute Gasteiger partial charge is 0.445 e. The summed E-state index contributed by atoms with van der Waals surface area (Å²) in [4.78, 5) is 12.1. The minimum absolute atomic E-state index is 0.232. The molecule has 2 saturated heterocycles. The van der Waals surface area contributed by atoms with Gasteiger partial charge < -0.3 is 10.1 Å². The summed E-state index contributed by atoms with van der Waals surface area (Å²) < 4.78 is 5.27. The van der Waals surface area contributed by atoms with E-state index >= 15 is 0 Å². The zero-order valence-electron chi connectivity index (χ0n) is 12.5. The number of amides is 1. The minimum atomic E-state index is -0.755. The quantitative estimate of drug-likeness (QED) is 0.925. The normalized spacial score (nSPS) is 30.1. The molecule has 5 heteroatoms. The van der Waals surface area contributed by atoms with E-state index in [1.807, 2.05) is 42.1 Å². The van der Waals surface area contributed by atoms with Gasteiger partial charge in [-0.2, -0.15) is 17.0 Å². The molecular weight excluding hydrogens is 296 g/mol. The molecule has 2 aliphatic heterocycles. The first-order valence-electron chi connectivity index (χ1n) is 7.75. The summed E-state index contributed by atoms with van der Waals surface area (Å²) in [6, 6.07) is 11.9. The summed E-state index contributed by atoms with van der Waals surface area (Å²) in [7, 11) is 0. The predicted molar refractivity (Wildman–Crippen MR) is 86.4 cm³/mol. The smallest absolute Gasteiger partial charge is 0.408 e. The number of ether oxygens (including phenoxy) is 1. The molecule has 0 spiro atoms. The Bertz CT molecular complexity index is 558. The van der Waals surface area contributed by atoms with Crippen LogP contribution >= 0.6 is 11.8 Å². The topological polar surface area (TPSA) is 62.1 Å². The molecule has 2 bridgehead atoms. The number of nitrogens with zero attached hydrogens (tertiary/aromatic N) is 1. The lowest BCUT2D eigenvalue weighted by atomic mass is 9.84. The van der Waals surface area contributed by atoms with Crippen LogP contribution in [0, 0.1) is 11.3 Å². The number of nitrogens with one attached hydrogen (secondary N) is 1. The number of nitriles is 1. The maximum Gasteiger partial charge on any atom is 0.408 e. The second-order valence-corrected chi connectivity index (χ2v) is 7.71. The zero-order valence-corrected chi connectivity index (χ0v) is 13.3. The van der Waals surface area contributed by atoms with E-state index in [1.54, 1.807) is 0 Å². The van der Waals surface area contributed by atoms with Gasteiger partial charge in [0, 0.05) is 10.5 Å². The third-order valence-electron chi connectivity index (χ3n) is 4.36. The number of thioether (sulfide) groups is 1. The van der Waals surface area contributed by atoms with Crippen LogP contribution in [0.2, 0.25) is 0 Å². The van der Waals surface area contributed by atoms with Crippen molar-refractivity contribution in [3.63, 3.8) is 0 Å². The van der Waals surface area contributed by atoms with E-state index in [2.05, 4.69) is 11.4 Å². The Hall–Kier alpha value is -1.67. The lowest BCUT2D eigenvalue weighted by Gasteiger charge is -2.43. The summed E-state index contributed by atoms with van der Waals surface area (Å²) in [5.41, 5.74) is 0.189. The number of benzene rings is 1. The maximum atomic E-state index is 12.1. The highest BCUT2D eigenvalue weighted by atomic mass is 32.2. The van der Waals surface area contributed by atoms with Crippen molar-refractivity contribution >= 4 is 17.9 Å². The van der Waals surface area contributed by atoms with Gasteiger partial charge in [-0.25, -0.2) is 4.79 Å². The monoisotopic (exact) mass is 316 g/mol. The number of rotatable bonds is 3. The zero-order chi connectivity index (χ0) is 15.4. The molecule has 3 rings (SSSR count). The first-order chi connectivity index (χ1) is 10.7. The molecule has 1 aromatic rings. The van der Waals surface area contributed by atoms with E-state index in [1.165, 1.54) is 6.42 Å². The average molecular weight is 316 g/mol. The number of alkyl carbamates (subject to hydrolysis) is 1. The van der Waals surface area contributed by atoms with Gasteiger partial charge in [0.1, 0.15) is 12.1 Å². The van der Waals surface area contributed by atoms with Gasteiger partial charge in [0.15, 0.2) is 0 Å². The van der Waals surface area contributed by atoms with E-state index < -0.39 is 11.6 Å². The molecule has 1 amide bonds. The third kappa shape index (κ3) is 3.56. The molecule has 0 aromatic heterocycles. The number of carbonyl (C=O) groups is 1. The van der Waals surface area contributed by atoms with E-state index in [0.717, 1.165) is 31.2 Å². The molecule has 2 aliphatic rings. The highest BCUT2D eigenvalue weighted by Gasteiger charge is 2.44. The highest BCUT2D eigenvalue weighted by molar-refractivity contribution is 8.00. The van der Waals surface area contributed by atoms with Crippen LogP contribution in [0.3, 0.4) is 0 Å². The fourth-order valence-corrected chi connectivity index (χ4v) is 5.23. The number of fused-ring (bicyclic) bond motifs is 2. The first kappa shape index (κ1) is 15.2. The number of carbonyl (C=O) groups excluding carboxylic acids is 1. The van der Waals surface area contributed by atoms with Crippen LogP contribution in [0.15, 0.2) is 30.3 Å². The van der Waals surface area contributed by atoms with Crippen molar-refractivity contribution < 1.29 is 9.53 Å². The fraction of sp³-hybridized carbons (Fsp3) is 0.529. The summed E-state index contributed by atoms with van der Waals surface area (Å²) in [6.07, 6.45) is 4.49. The number of hydrogen-bond acceptors (Lipinski definition) is 4. The van der Waals surface area contributed by atoms with Gasteiger partial charge in [-0.15, -0.1) is 0 Å². The molecular formula is C17H20N2O2S. The minimum Gasteiger partial charge on any atom is -0.445 e. The molecule has 2 atom stereocenters. The lowest BCUT2D eigenvalue weighted by Crippen LogP contribution is -2.54. The molecule has 0 radical (unpaired) electrons. The van der Waals surface area contributed by atoms with Crippen LogP contribution < -0.4 is 5.32 Å². The van der Waals surface area contributed by atoms with Crippen molar-refractivity contribution in [2.75, 3.05) is 0 Å². The molecule has 2 fully saturated rings. The Morgan fingerprint density at radius 1 is 1.32 bits per heavy atom. The lowest BCUT2D eigenvalue weighted by molar-refractivity contribution is 0.127. The first-order valence-corrected chi connectivity index (χ1v) is 8.69. The Morgan fingerprint density at radius 3 is 2.64 bits per heavy atom. The van der Waals surface area contributed by atoms with Crippen LogP contribution in [0.1, 0.15) is 37.7 Å². The highest BCUT2D eigenvalue weighted by Crippen LogP contribution is 2.45. The maximum absolute atomic E-state index is 12.1. The average Bonchev–Trinajstić information content (AvgIpc) is 2.53. The third-order valence-corrected chi connectivity index (χ3v) is 5.93. The molecule has 1 aromatic carbocycles. The van der Waals surface area contributed by atoms with Gasteiger partial charge in [-0.1, -0.05) is 36.8 Å². The van der Waals surface area contributed by atoms with Crippen LogP contribution in [0.25, 0.3) is 0 Å². The van der Waals surface area contributed by atoms with Gasteiger partial charge in [0.2, 0.25) is 0 Å². The second-order valence-electron chi connectivity index (χ2n) is 6.10. The molecule has 22 heavy (non-hydrogen) atoms. The van der Waals surface area contributed by atoms with E-state index in [4.69, 9.17) is 4.74 Å².